The molecule has 3 nitrogen and oxygen atoms in total. The van der Waals surface area contributed by atoms with Crippen LogP contribution in [-0.4, -0.2) is 12.6 Å². The first-order valence-electron chi connectivity index (χ1n) is 7.91. The Morgan fingerprint density at radius 2 is 1.80 bits per heavy atom. The highest BCUT2D eigenvalue weighted by Crippen LogP contribution is 2.34. The minimum absolute atomic E-state index is 0.102. The summed E-state index contributed by atoms with van der Waals surface area (Å²) in [5.74, 6) is -1.52. The second-order valence-corrected chi connectivity index (χ2v) is 6.30. The Bertz CT molecular complexity index is 785. The number of benzene rings is 2. The number of carbonyl (C=O) groups is 1. The largest absolute Gasteiger partial charge is 0.466 e. The fraction of sp³-hybridized carbons (Fsp3) is 0.316. The van der Waals surface area contributed by atoms with Crippen LogP contribution in [0.25, 0.3) is 11.1 Å². The van der Waals surface area contributed by atoms with E-state index in [-0.39, 0.29) is 29.4 Å². The monoisotopic (exact) mass is 367 g/mol. The molecule has 0 bridgehead atoms. The van der Waals surface area contributed by atoms with E-state index in [2.05, 4.69) is 0 Å². The van der Waals surface area contributed by atoms with Gasteiger partial charge in [0.1, 0.15) is 11.6 Å². The van der Waals surface area contributed by atoms with Gasteiger partial charge in [0.25, 0.3) is 0 Å². The van der Waals surface area contributed by atoms with Gasteiger partial charge in [-0.3, -0.25) is 4.79 Å². The zero-order valence-electron chi connectivity index (χ0n) is 14.3. The molecule has 0 fully saturated rings. The molecule has 2 N–H and O–H groups in total. The van der Waals surface area contributed by atoms with Gasteiger partial charge in [0, 0.05) is 11.6 Å². The summed E-state index contributed by atoms with van der Waals surface area (Å²) in [5, 5.41) is -0.102. The van der Waals surface area contributed by atoms with Gasteiger partial charge in [0.2, 0.25) is 0 Å². The molecule has 0 aliphatic heterocycles. The minimum atomic E-state index is -0.891. The van der Waals surface area contributed by atoms with E-state index in [0.717, 1.165) is 5.56 Å². The van der Waals surface area contributed by atoms with E-state index >= 15 is 0 Å². The fourth-order valence-corrected chi connectivity index (χ4v) is 3.13. The van der Waals surface area contributed by atoms with Crippen molar-refractivity contribution in [2.75, 3.05) is 6.61 Å². The Morgan fingerprint density at radius 3 is 2.36 bits per heavy atom. The van der Waals surface area contributed by atoms with Gasteiger partial charge < -0.3 is 10.5 Å². The molecule has 0 heterocycles. The van der Waals surface area contributed by atoms with Gasteiger partial charge in [-0.25, -0.2) is 8.78 Å². The Balaban J connectivity index is 2.50. The highest BCUT2D eigenvalue weighted by Gasteiger charge is 2.20. The predicted octanol–water partition coefficient (Wildman–Crippen LogP) is 4.86. The molecule has 0 unspecified atom stereocenters. The third-order valence-corrected chi connectivity index (χ3v) is 4.21. The van der Waals surface area contributed by atoms with Crippen LogP contribution < -0.4 is 5.73 Å². The maximum absolute atomic E-state index is 14.4. The molecule has 0 aromatic heterocycles. The maximum Gasteiger partial charge on any atom is 0.307 e. The zero-order valence-corrected chi connectivity index (χ0v) is 15.1. The third kappa shape index (κ3) is 4.35. The number of ether oxygens (including phenoxy) is 1. The van der Waals surface area contributed by atoms with Gasteiger partial charge >= 0.3 is 5.97 Å². The SMILES string of the molecule is CCOC(=O)C[C@H](N)c1cc(-c2c(C)cc(F)cc2C)cc(Cl)c1F. The number of rotatable bonds is 5. The van der Waals surface area contributed by atoms with Crippen LogP contribution in [0.1, 0.15) is 36.1 Å². The van der Waals surface area contributed by atoms with Crippen LogP contribution in [0.4, 0.5) is 8.78 Å². The van der Waals surface area contributed by atoms with Gasteiger partial charge in [-0.2, -0.15) is 0 Å². The summed E-state index contributed by atoms with van der Waals surface area (Å²) in [6.07, 6.45) is -0.161. The van der Waals surface area contributed by atoms with Crippen LogP contribution in [0, 0.1) is 25.5 Å². The average molecular weight is 368 g/mol. The summed E-state index contributed by atoms with van der Waals surface area (Å²) in [4.78, 5) is 11.6. The number of hydrogen-bond donors (Lipinski definition) is 1. The molecule has 2 rings (SSSR count). The van der Waals surface area contributed by atoms with E-state index in [1.807, 2.05) is 0 Å². The lowest BCUT2D eigenvalue weighted by Gasteiger charge is -2.17. The van der Waals surface area contributed by atoms with Crippen molar-refractivity contribution in [1.29, 1.82) is 0 Å². The first kappa shape index (κ1) is 19.3. The summed E-state index contributed by atoms with van der Waals surface area (Å²) in [5.41, 5.74) is 8.88. The standard InChI is InChI=1S/C19H20ClF2NO2/c1-4-25-17(24)9-16(23)14-7-12(8-15(20)19(14)22)18-10(2)5-13(21)6-11(18)3/h5-8,16H,4,9,23H2,1-3H3/t16-/m0/s1. The number of aryl methyl sites for hydroxylation is 2. The second-order valence-electron chi connectivity index (χ2n) is 5.89. The van der Waals surface area contributed by atoms with E-state index in [1.54, 1.807) is 26.8 Å². The van der Waals surface area contributed by atoms with E-state index in [9.17, 15) is 13.6 Å². The summed E-state index contributed by atoms with van der Waals surface area (Å²) in [6, 6.07) is 4.94. The van der Waals surface area contributed by atoms with Crippen molar-refractivity contribution in [3.8, 4) is 11.1 Å². The van der Waals surface area contributed by atoms with Gasteiger partial charge in [0.15, 0.2) is 0 Å². The van der Waals surface area contributed by atoms with Crippen LogP contribution in [0.15, 0.2) is 24.3 Å². The molecule has 25 heavy (non-hydrogen) atoms. The van der Waals surface area contributed by atoms with Crippen molar-refractivity contribution in [3.05, 3.63) is 57.6 Å². The van der Waals surface area contributed by atoms with Crippen LogP contribution in [-0.2, 0) is 9.53 Å². The molecule has 0 radical (unpaired) electrons. The fourth-order valence-electron chi connectivity index (χ4n) is 2.90. The van der Waals surface area contributed by atoms with Crippen molar-refractivity contribution in [2.45, 2.75) is 33.2 Å². The Hall–Kier alpha value is -1.98. The molecule has 134 valence electrons. The van der Waals surface area contributed by atoms with E-state index in [1.165, 1.54) is 18.2 Å². The molecule has 0 aliphatic carbocycles. The Morgan fingerprint density at radius 1 is 1.20 bits per heavy atom. The van der Waals surface area contributed by atoms with E-state index in [0.29, 0.717) is 16.7 Å². The Labute approximate surface area is 150 Å². The van der Waals surface area contributed by atoms with Gasteiger partial charge in [0.05, 0.1) is 18.1 Å². The molecule has 0 spiro atoms. The van der Waals surface area contributed by atoms with Gasteiger partial charge in [-0.15, -0.1) is 0 Å². The number of esters is 1. The van der Waals surface area contributed by atoms with Crippen molar-refractivity contribution in [1.82, 2.24) is 0 Å². The van der Waals surface area contributed by atoms with Crippen molar-refractivity contribution >= 4 is 17.6 Å². The summed E-state index contributed by atoms with van der Waals surface area (Å²) in [7, 11) is 0. The molecule has 0 saturated heterocycles. The third-order valence-electron chi connectivity index (χ3n) is 3.93. The number of carbonyl (C=O) groups excluding carboxylic acids is 1. The van der Waals surface area contributed by atoms with Crippen LogP contribution in [0.3, 0.4) is 0 Å². The molecule has 6 heteroatoms. The molecule has 0 aliphatic rings. The number of hydrogen-bond acceptors (Lipinski definition) is 3. The van der Waals surface area contributed by atoms with Crippen LogP contribution in [0.5, 0.6) is 0 Å². The van der Waals surface area contributed by atoms with Gasteiger partial charge in [-0.05, 0) is 67.3 Å². The van der Waals surface area contributed by atoms with Crippen molar-refractivity contribution < 1.29 is 18.3 Å². The maximum atomic E-state index is 14.4. The second kappa shape index (κ2) is 7.93. The van der Waals surface area contributed by atoms with Crippen molar-refractivity contribution in [3.63, 3.8) is 0 Å². The zero-order chi connectivity index (χ0) is 18.7. The lowest BCUT2D eigenvalue weighted by Crippen LogP contribution is -2.18. The first-order valence-corrected chi connectivity index (χ1v) is 8.29. The topological polar surface area (TPSA) is 52.3 Å². The number of halogens is 3. The summed E-state index contributed by atoms with van der Waals surface area (Å²) < 4.78 is 32.8. The lowest BCUT2D eigenvalue weighted by atomic mass is 9.92. The molecular formula is C19H20ClF2NO2. The number of nitrogens with two attached hydrogens (primary N) is 1. The Kier molecular flexibility index (Phi) is 6.14. The highest BCUT2D eigenvalue weighted by molar-refractivity contribution is 6.31. The molecule has 0 saturated carbocycles. The van der Waals surface area contributed by atoms with E-state index < -0.39 is 17.8 Å². The molecule has 0 amide bonds. The van der Waals surface area contributed by atoms with Gasteiger partial charge in [-0.1, -0.05) is 11.6 Å². The van der Waals surface area contributed by atoms with Crippen LogP contribution >= 0.6 is 11.6 Å². The van der Waals surface area contributed by atoms with Crippen molar-refractivity contribution in [2.24, 2.45) is 5.73 Å². The normalized spacial score (nSPS) is 12.1. The quantitative estimate of drug-likeness (QED) is 0.768. The minimum Gasteiger partial charge on any atom is -0.466 e. The lowest BCUT2D eigenvalue weighted by molar-refractivity contribution is -0.143. The average Bonchev–Trinajstić information content (AvgIpc) is 2.49. The van der Waals surface area contributed by atoms with E-state index in [4.69, 9.17) is 22.1 Å². The first-order chi connectivity index (χ1) is 11.7. The molecular weight excluding hydrogens is 348 g/mol. The molecule has 2 aromatic carbocycles. The highest BCUT2D eigenvalue weighted by atomic mass is 35.5. The summed E-state index contributed by atoms with van der Waals surface area (Å²) >= 11 is 6.03. The predicted molar refractivity (Wildman–Crippen MR) is 94.5 cm³/mol. The smallest absolute Gasteiger partial charge is 0.307 e. The summed E-state index contributed by atoms with van der Waals surface area (Å²) in [6.45, 7) is 5.44. The molecule has 2 aromatic rings. The van der Waals surface area contributed by atoms with Crippen LogP contribution in [0.2, 0.25) is 5.02 Å². The molecule has 1 atom stereocenters.